The van der Waals surface area contributed by atoms with E-state index in [1.54, 1.807) is 11.9 Å². The maximum atomic E-state index is 13.1. The van der Waals surface area contributed by atoms with Gasteiger partial charge in [-0.2, -0.15) is 0 Å². The molecule has 0 aromatic heterocycles. The number of allylic oxidation sites excluding steroid dienone is 2. The molecule has 5 nitrogen and oxygen atoms in total. The molecular formula is C27H39N3O2. The number of rotatable bonds is 10. The summed E-state index contributed by atoms with van der Waals surface area (Å²) in [4.78, 5) is 16.8. The lowest BCUT2D eigenvalue weighted by atomic mass is 9.68. The second-order valence-electron chi connectivity index (χ2n) is 8.72. The molecule has 0 saturated heterocycles. The molecule has 1 unspecified atom stereocenters. The van der Waals surface area contributed by atoms with Crippen molar-refractivity contribution in [1.82, 2.24) is 9.80 Å². The van der Waals surface area contributed by atoms with Gasteiger partial charge < -0.3 is 20.3 Å². The quantitative estimate of drug-likeness (QED) is 0.530. The zero-order chi connectivity index (χ0) is 23.7. The minimum absolute atomic E-state index is 0.0802. The van der Waals surface area contributed by atoms with E-state index in [0.717, 1.165) is 24.0 Å². The number of amides is 1. The van der Waals surface area contributed by atoms with E-state index in [0.29, 0.717) is 12.3 Å². The van der Waals surface area contributed by atoms with E-state index < -0.39 is 11.5 Å². The number of carbonyl (C=O) groups excluding carboxylic acids is 1. The molecule has 0 fully saturated rings. The molecule has 2 aromatic rings. The first kappa shape index (κ1) is 25.6. The van der Waals surface area contributed by atoms with Crippen molar-refractivity contribution in [2.24, 2.45) is 5.73 Å². The third-order valence-corrected chi connectivity index (χ3v) is 6.24. The van der Waals surface area contributed by atoms with Gasteiger partial charge in [0.25, 0.3) is 0 Å². The van der Waals surface area contributed by atoms with Crippen molar-refractivity contribution in [3.05, 3.63) is 83.6 Å². The highest BCUT2D eigenvalue weighted by Crippen LogP contribution is 2.44. The average molecular weight is 438 g/mol. The van der Waals surface area contributed by atoms with Crippen LogP contribution in [0.2, 0.25) is 0 Å². The molecule has 0 saturated carbocycles. The minimum Gasteiger partial charge on any atom is -0.414 e. The highest BCUT2D eigenvalue weighted by atomic mass is 16.6. The molecule has 2 aromatic carbocycles. The predicted molar refractivity (Wildman–Crippen MR) is 133 cm³/mol. The molecule has 1 amide bonds. The molecule has 0 aliphatic heterocycles. The van der Waals surface area contributed by atoms with Crippen molar-refractivity contribution in [1.29, 1.82) is 0 Å². The lowest BCUT2D eigenvalue weighted by molar-refractivity contribution is 0.120. The van der Waals surface area contributed by atoms with E-state index in [4.69, 9.17) is 10.5 Å². The highest BCUT2D eigenvalue weighted by molar-refractivity contribution is 5.69. The fourth-order valence-corrected chi connectivity index (χ4v) is 3.98. The molecule has 2 rings (SSSR count). The predicted octanol–water partition coefficient (Wildman–Crippen LogP) is 5.02. The summed E-state index contributed by atoms with van der Waals surface area (Å²) in [6, 6.07) is 20.8. The molecule has 2 N–H and O–H groups in total. The van der Waals surface area contributed by atoms with E-state index in [1.165, 1.54) is 0 Å². The summed E-state index contributed by atoms with van der Waals surface area (Å²) in [5, 5.41) is 0. The number of nitrogens with two attached hydrogens (primary N) is 1. The Kier molecular flexibility index (Phi) is 9.48. The van der Waals surface area contributed by atoms with E-state index in [2.05, 4.69) is 50.2 Å². The summed E-state index contributed by atoms with van der Waals surface area (Å²) in [5.74, 6) is 0.630. The van der Waals surface area contributed by atoms with Gasteiger partial charge in [-0.05, 0) is 58.0 Å². The van der Waals surface area contributed by atoms with Crippen LogP contribution in [0.4, 0.5) is 4.79 Å². The SMILES string of the molecule is C/C=C(/OC(=O)N(C)CC(N)CC)C(C[C@@H](C)N(C)C)(c1ccccc1)c1ccccc1. The molecule has 32 heavy (non-hydrogen) atoms. The Morgan fingerprint density at radius 3 is 1.94 bits per heavy atom. The summed E-state index contributed by atoms with van der Waals surface area (Å²) < 4.78 is 6.14. The van der Waals surface area contributed by atoms with Gasteiger partial charge in [0, 0.05) is 25.7 Å². The van der Waals surface area contributed by atoms with Crippen LogP contribution in [0.15, 0.2) is 72.5 Å². The van der Waals surface area contributed by atoms with Crippen LogP contribution in [-0.2, 0) is 10.2 Å². The van der Waals surface area contributed by atoms with Gasteiger partial charge in [0.2, 0.25) is 0 Å². The third kappa shape index (κ3) is 5.99. The van der Waals surface area contributed by atoms with Crippen LogP contribution in [0.5, 0.6) is 0 Å². The molecule has 0 aliphatic rings. The van der Waals surface area contributed by atoms with Crippen LogP contribution < -0.4 is 5.73 Å². The van der Waals surface area contributed by atoms with Gasteiger partial charge >= 0.3 is 6.09 Å². The fourth-order valence-electron chi connectivity index (χ4n) is 3.98. The van der Waals surface area contributed by atoms with Crippen LogP contribution in [0.25, 0.3) is 0 Å². The maximum absolute atomic E-state index is 13.1. The Balaban J connectivity index is 2.60. The minimum atomic E-state index is -0.621. The monoisotopic (exact) mass is 437 g/mol. The van der Waals surface area contributed by atoms with Crippen LogP contribution in [0.3, 0.4) is 0 Å². The molecule has 2 atom stereocenters. The standard InChI is InChI=1S/C27H39N3O2/c1-7-24(28)20-30(6)26(31)32-25(8-2)27(19-21(3)29(4)5,22-15-11-9-12-16-22)23-17-13-10-14-18-23/h8-18,21,24H,7,19-20,28H2,1-6H3/b25-8+/t21-,24?/m1/s1. The van der Waals surface area contributed by atoms with Gasteiger partial charge in [0.1, 0.15) is 5.76 Å². The van der Waals surface area contributed by atoms with Crippen LogP contribution in [0.1, 0.15) is 44.7 Å². The maximum Gasteiger partial charge on any atom is 0.414 e. The fraction of sp³-hybridized carbons (Fsp3) is 0.444. The highest BCUT2D eigenvalue weighted by Gasteiger charge is 2.42. The first-order valence-electron chi connectivity index (χ1n) is 11.4. The molecular weight excluding hydrogens is 398 g/mol. The van der Waals surface area contributed by atoms with Crippen molar-refractivity contribution in [2.75, 3.05) is 27.7 Å². The van der Waals surface area contributed by atoms with Gasteiger partial charge in [-0.15, -0.1) is 0 Å². The van der Waals surface area contributed by atoms with Crippen molar-refractivity contribution < 1.29 is 9.53 Å². The van der Waals surface area contributed by atoms with E-state index in [-0.39, 0.29) is 12.1 Å². The zero-order valence-corrected chi connectivity index (χ0v) is 20.4. The first-order valence-corrected chi connectivity index (χ1v) is 11.4. The van der Waals surface area contributed by atoms with E-state index in [1.807, 2.05) is 56.3 Å². The second-order valence-corrected chi connectivity index (χ2v) is 8.72. The van der Waals surface area contributed by atoms with Crippen LogP contribution in [-0.4, -0.2) is 55.7 Å². The molecule has 0 radical (unpaired) electrons. The molecule has 0 bridgehead atoms. The van der Waals surface area contributed by atoms with Crippen molar-refractivity contribution in [3.8, 4) is 0 Å². The number of ether oxygens (including phenoxy) is 1. The Morgan fingerprint density at radius 1 is 1.03 bits per heavy atom. The van der Waals surface area contributed by atoms with Crippen LogP contribution >= 0.6 is 0 Å². The second kappa shape index (κ2) is 11.8. The first-order chi connectivity index (χ1) is 15.3. The normalized spacial score (nSPS) is 14.2. The zero-order valence-electron chi connectivity index (χ0n) is 20.4. The Hall–Kier alpha value is -2.63. The summed E-state index contributed by atoms with van der Waals surface area (Å²) in [5.41, 5.74) is 7.63. The average Bonchev–Trinajstić information content (AvgIpc) is 2.81. The number of nitrogens with zero attached hydrogens (tertiary/aromatic N) is 2. The summed E-state index contributed by atoms with van der Waals surface area (Å²) in [6.07, 6.45) is 3.08. The number of hydrogen-bond donors (Lipinski definition) is 1. The summed E-state index contributed by atoms with van der Waals surface area (Å²) >= 11 is 0. The third-order valence-electron chi connectivity index (χ3n) is 6.24. The number of benzene rings is 2. The van der Waals surface area contributed by atoms with Gasteiger partial charge in [-0.3, -0.25) is 0 Å². The van der Waals surface area contributed by atoms with Crippen molar-refractivity contribution in [2.45, 2.75) is 51.1 Å². The molecule has 0 aliphatic carbocycles. The molecule has 174 valence electrons. The van der Waals surface area contributed by atoms with Gasteiger partial charge in [-0.25, -0.2) is 4.79 Å². The van der Waals surface area contributed by atoms with Crippen LogP contribution in [0, 0.1) is 0 Å². The Morgan fingerprint density at radius 2 is 1.53 bits per heavy atom. The summed E-state index contributed by atoms with van der Waals surface area (Å²) in [7, 11) is 5.89. The summed E-state index contributed by atoms with van der Waals surface area (Å²) in [6.45, 7) is 6.59. The number of likely N-dealkylation sites (N-methyl/N-ethyl adjacent to an activating group) is 1. The van der Waals surface area contributed by atoms with Crippen molar-refractivity contribution in [3.63, 3.8) is 0 Å². The van der Waals surface area contributed by atoms with Gasteiger partial charge in [-0.1, -0.05) is 67.6 Å². The molecule has 0 spiro atoms. The number of hydrogen-bond acceptors (Lipinski definition) is 4. The lowest BCUT2D eigenvalue weighted by Crippen LogP contribution is -2.42. The van der Waals surface area contributed by atoms with Gasteiger partial charge in [0.15, 0.2) is 0 Å². The topological polar surface area (TPSA) is 58.8 Å². The molecule has 0 heterocycles. The van der Waals surface area contributed by atoms with E-state index in [9.17, 15) is 4.79 Å². The Bertz CT molecular complexity index is 825. The lowest BCUT2D eigenvalue weighted by Gasteiger charge is -2.40. The van der Waals surface area contributed by atoms with Crippen molar-refractivity contribution >= 4 is 6.09 Å². The smallest absolute Gasteiger partial charge is 0.414 e. The molecule has 5 heteroatoms. The largest absolute Gasteiger partial charge is 0.414 e. The Labute approximate surface area is 193 Å². The van der Waals surface area contributed by atoms with Gasteiger partial charge in [0.05, 0.1) is 5.41 Å². The number of carbonyl (C=O) groups is 1. The van der Waals surface area contributed by atoms with E-state index >= 15 is 0 Å².